The molecule has 0 bridgehead atoms. The van der Waals surface area contributed by atoms with Crippen LogP contribution in [0.4, 0.5) is 0 Å². The highest BCUT2D eigenvalue weighted by molar-refractivity contribution is 5.89. The Morgan fingerprint density at radius 1 is 1.15 bits per heavy atom. The number of hydrogen-bond acceptors (Lipinski definition) is 3. The predicted octanol–water partition coefficient (Wildman–Crippen LogP) is 3.84. The maximum atomic E-state index is 13.2. The van der Waals surface area contributed by atoms with Crippen molar-refractivity contribution in [2.24, 2.45) is 11.1 Å². The Bertz CT molecular complexity index is 803. The predicted molar refractivity (Wildman–Crippen MR) is 109 cm³/mol. The fraction of sp³-hybridized carbons (Fsp3) is 0.435. The van der Waals surface area contributed by atoms with Gasteiger partial charge < -0.3 is 15.4 Å². The standard InChI is InChI=1S/C23H30N2O2/c1-5-27-20-15-23(24,22(20,2)3)21(26)25(4)16-18-13-9-10-14-19(18)17-11-7-6-8-12-17/h6-14,20H,5,15-16,24H2,1-4H3. The van der Waals surface area contributed by atoms with Gasteiger partial charge in [-0.25, -0.2) is 0 Å². The number of carbonyl (C=O) groups is 1. The van der Waals surface area contributed by atoms with Crippen LogP contribution in [0.15, 0.2) is 54.6 Å². The first-order chi connectivity index (χ1) is 12.8. The highest BCUT2D eigenvalue weighted by Crippen LogP contribution is 2.50. The Morgan fingerprint density at radius 2 is 1.78 bits per heavy atom. The van der Waals surface area contributed by atoms with Crippen molar-refractivity contribution in [1.82, 2.24) is 4.90 Å². The van der Waals surface area contributed by atoms with Crippen molar-refractivity contribution in [2.75, 3.05) is 13.7 Å². The lowest BCUT2D eigenvalue weighted by molar-refractivity contribution is -0.178. The van der Waals surface area contributed by atoms with E-state index in [1.54, 1.807) is 4.90 Å². The molecule has 27 heavy (non-hydrogen) atoms. The molecule has 2 unspecified atom stereocenters. The molecule has 1 aliphatic carbocycles. The first-order valence-corrected chi connectivity index (χ1v) is 9.60. The van der Waals surface area contributed by atoms with E-state index in [2.05, 4.69) is 24.3 Å². The average Bonchev–Trinajstić information content (AvgIpc) is 2.68. The molecular weight excluding hydrogens is 336 g/mol. The van der Waals surface area contributed by atoms with E-state index in [1.807, 2.05) is 58.2 Å². The minimum Gasteiger partial charge on any atom is -0.378 e. The molecule has 2 aromatic carbocycles. The number of carbonyl (C=O) groups excluding carboxylic acids is 1. The van der Waals surface area contributed by atoms with Crippen molar-refractivity contribution in [3.05, 3.63) is 60.2 Å². The number of rotatable bonds is 6. The van der Waals surface area contributed by atoms with E-state index in [4.69, 9.17) is 10.5 Å². The lowest BCUT2D eigenvalue weighted by Gasteiger charge is -2.58. The highest BCUT2D eigenvalue weighted by atomic mass is 16.5. The van der Waals surface area contributed by atoms with Crippen molar-refractivity contribution in [3.63, 3.8) is 0 Å². The summed E-state index contributed by atoms with van der Waals surface area (Å²) in [5, 5.41) is 0. The summed E-state index contributed by atoms with van der Waals surface area (Å²) >= 11 is 0. The van der Waals surface area contributed by atoms with Gasteiger partial charge in [0.25, 0.3) is 0 Å². The van der Waals surface area contributed by atoms with Gasteiger partial charge in [0, 0.05) is 32.0 Å². The molecular formula is C23H30N2O2. The Balaban J connectivity index is 1.79. The second-order valence-corrected chi connectivity index (χ2v) is 8.03. The summed E-state index contributed by atoms with van der Waals surface area (Å²) in [6.45, 7) is 7.19. The fourth-order valence-electron chi connectivity index (χ4n) is 4.02. The van der Waals surface area contributed by atoms with Crippen LogP contribution in [-0.2, 0) is 16.1 Å². The van der Waals surface area contributed by atoms with E-state index < -0.39 is 5.54 Å². The third-order valence-electron chi connectivity index (χ3n) is 6.07. The van der Waals surface area contributed by atoms with Crippen molar-refractivity contribution in [3.8, 4) is 11.1 Å². The number of amides is 1. The maximum Gasteiger partial charge on any atom is 0.243 e. The van der Waals surface area contributed by atoms with Crippen LogP contribution in [-0.4, -0.2) is 36.1 Å². The monoisotopic (exact) mass is 366 g/mol. The van der Waals surface area contributed by atoms with E-state index in [0.717, 1.165) is 16.7 Å². The van der Waals surface area contributed by atoms with E-state index >= 15 is 0 Å². The zero-order valence-corrected chi connectivity index (χ0v) is 16.7. The van der Waals surface area contributed by atoms with Crippen LogP contribution < -0.4 is 5.73 Å². The first kappa shape index (κ1) is 19.6. The van der Waals surface area contributed by atoms with Crippen LogP contribution in [0.3, 0.4) is 0 Å². The van der Waals surface area contributed by atoms with Gasteiger partial charge in [-0.15, -0.1) is 0 Å². The van der Waals surface area contributed by atoms with Gasteiger partial charge in [0.2, 0.25) is 5.91 Å². The molecule has 0 aliphatic heterocycles. The second-order valence-electron chi connectivity index (χ2n) is 8.03. The molecule has 2 aromatic rings. The summed E-state index contributed by atoms with van der Waals surface area (Å²) in [7, 11) is 1.84. The van der Waals surface area contributed by atoms with Crippen LogP contribution in [0.5, 0.6) is 0 Å². The number of hydrogen-bond donors (Lipinski definition) is 1. The third kappa shape index (κ3) is 3.40. The molecule has 4 heteroatoms. The fourth-order valence-corrected chi connectivity index (χ4v) is 4.02. The maximum absolute atomic E-state index is 13.2. The van der Waals surface area contributed by atoms with Gasteiger partial charge in [-0.3, -0.25) is 4.79 Å². The molecule has 0 radical (unpaired) electrons. The van der Waals surface area contributed by atoms with E-state index in [9.17, 15) is 4.79 Å². The van der Waals surface area contributed by atoms with Gasteiger partial charge in [-0.1, -0.05) is 68.4 Å². The Morgan fingerprint density at radius 3 is 2.41 bits per heavy atom. The third-order valence-corrected chi connectivity index (χ3v) is 6.07. The Labute approximate surface area is 162 Å². The first-order valence-electron chi connectivity index (χ1n) is 9.60. The van der Waals surface area contributed by atoms with Gasteiger partial charge >= 0.3 is 0 Å². The Kier molecular flexibility index (Phi) is 5.41. The molecule has 1 aliphatic rings. The van der Waals surface area contributed by atoms with E-state index in [-0.39, 0.29) is 17.4 Å². The van der Waals surface area contributed by atoms with E-state index in [0.29, 0.717) is 19.6 Å². The molecule has 0 spiro atoms. The largest absolute Gasteiger partial charge is 0.378 e. The second kappa shape index (κ2) is 7.45. The van der Waals surface area contributed by atoms with Crippen LogP contribution >= 0.6 is 0 Å². The quantitative estimate of drug-likeness (QED) is 0.845. The smallest absolute Gasteiger partial charge is 0.243 e. The average molecular weight is 367 g/mol. The SMILES string of the molecule is CCOC1CC(N)(C(=O)N(C)Cc2ccccc2-c2ccccc2)C1(C)C. The van der Waals surface area contributed by atoms with Crippen molar-refractivity contribution in [1.29, 1.82) is 0 Å². The minimum atomic E-state index is -0.886. The van der Waals surface area contributed by atoms with Crippen molar-refractivity contribution in [2.45, 2.75) is 45.4 Å². The molecule has 144 valence electrons. The minimum absolute atomic E-state index is 0.0219. The molecule has 1 saturated carbocycles. The Hall–Kier alpha value is -2.17. The summed E-state index contributed by atoms with van der Waals surface area (Å²) in [5.41, 5.74) is 8.71. The zero-order valence-electron chi connectivity index (χ0n) is 16.7. The van der Waals surface area contributed by atoms with Gasteiger partial charge in [-0.05, 0) is 23.6 Å². The van der Waals surface area contributed by atoms with Crippen molar-refractivity contribution < 1.29 is 9.53 Å². The summed E-state index contributed by atoms with van der Waals surface area (Å²) < 4.78 is 5.76. The van der Waals surface area contributed by atoms with Gasteiger partial charge in [0.05, 0.1) is 6.10 Å². The molecule has 0 saturated heterocycles. The number of nitrogens with two attached hydrogens (primary N) is 1. The van der Waals surface area contributed by atoms with Gasteiger partial charge in [0.1, 0.15) is 5.54 Å². The van der Waals surface area contributed by atoms with Crippen LogP contribution in [0.1, 0.15) is 32.8 Å². The number of benzene rings is 2. The topological polar surface area (TPSA) is 55.6 Å². The molecule has 0 aromatic heterocycles. The molecule has 2 atom stereocenters. The van der Waals surface area contributed by atoms with Gasteiger partial charge in [0.15, 0.2) is 0 Å². The molecule has 0 heterocycles. The summed E-state index contributed by atoms with van der Waals surface area (Å²) in [4.78, 5) is 15.0. The summed E-state index contributed by atoms with van der Waals surface area (Å²) in [6.07, 6.45) is 0.596. The zero-order chi connectivity index (χ0) is 19.7. The summed E-state index contributed by atoms with van der Waals surface area (Å²) in [5.74, 6) is -0.0219. The van der Waals surface area contributed by atoms with Crippen LogP contribution in [0, 0.1) is 5.41 Å². The normalized spacial score (nSPS) is 23.5. The highest BCUT2D eigenvalue weighted by Gasteiger charge is 2.63. The molecule has 3 rings (SSSR count). The lowest BCUT2D eigenvalue weighted by atomic mass is 9.54. The van der Waals surface area contributed by atoms with Crippen molar-refractivity contribution >= 4 is 5.91 Å². The van der Waals surface area contributed by atoms with Crippen LogP contribution in [0.2, 0.25) is 0 Å². The number of nitrogens with zero attached hydrogens (tertiary/aromatic N) is 1. The van der Waals surface area contributed by atoms with Crippen LogP contribution in [0.25, 0.3) is 11.1 Å². The lowest BCUT2D eigenvalue weighted by Crippen LogP contribution is -2.75. The van der Waals surface area contributed by atoms with E-state index in [1.165, 1.54) is 0 Å². The van der Waals surface area contributed by atoms with Gasteiger partial charge in [-0.2, -0.15) is 0 Å². The molecule has 4 nitrogen and oxygen atoms in total. The molecule has 1 amide bonds. The molecule has 1 fully saturated rings. The molecule has 2 N–H and O–H groups in total. The number of ether oxygens (including phenoxy) is 1. The summed E-state index contributed by atoms with van der Waals surface area (Å²) in [6, 6.07) is 18.5. The number of likely N-dealkylation sites (N-methyl/N-ethyl adjacent to an activating group) is 1.